The van der Waals surface area contributed by atoms with Gasteiger partial charge in [-0.15, -0.1) is 0 Å². The molecule has 0 spiro atoms. The number of rotatable bonds is 2. The Labute approximate surface area is 127 Å². The summed E-state index contributed by atoms with van der Waals surface area (Å²) in [5, 5.41) is 4.38. The van der Waals surface area contributed by atoms with Crippen LogP contribution in [0.1, 0.15) is 10.4 Å². The Bertz CT molecular complexity index is 957. The molecule has 1 N–H and O–H groups in total. The molecule has 0 unspecified atom stereocenters. The van der Waals surface area contributed by atoms with Crippen LogP contribution in [0.25, 0.3) is 10.9 Å². The number of amides is 1. The van der Waals surface area contributed by atoms with Gasteiger partial charge in [0.05, 0.1) is 22.9 Å². The highest BCUT2D eigenvalue weighted by Crippen LogP contribution is 2.17. The lowest BCUT2D eigenvalue weighted by Crippen LogP contribution is -2.36. The minimum Gasteiger partial charge on any atom is -0.345 e. The lowest BCUT2D eigenvalue weighted by Gasteiger charge is -2.13. The minimum atomic E-state index is -3.24. The number of benzene rings is 1. The fourth-order valence-electron chi connectivity index (χ4n) is 2.51. The average Bonchev–Trinajstić information content (AvgIpc) is 2.81. The van der Waals surface area contributed by atoms with Crippen LogP contribution in [0.2, 0.25) is 0 Å². The van der Waals surface area contributed by atoms with Crippen molar-refractivity contribution in [1.82, 2.24) is 9.88 Å². The highest BCUT2D eigenvalue weighted by Gasteiger charge is 2.24. The smallest absolute Gasteiger partial charge is 0.252 e. The average molecular weight is 318 g/mol. The second-order valence-electron chi connectivity index (χ2n) is 5.21. The zero-order valence-electron chi connectivity index (χ0n) is 11.8. The summed E-state index contributed by atoms with van der Waals surface area (Å²) >= 11 is 0. The van der Waals surface area contributed by atoms with Gasteiger partial charge in [0.25, 0.3) is 11.5 Å². The van der Waals surface area contributed by atoms with Gasteiger partial charge in [0.1, 0.15) is 0 Å². The lowest BCUT2D eigenvalue weighted by molar-refractivity contribution is 0.0949. The molecule has 0 saturated carbocycles. The molecule has 0 bridgehead atoms. The first kappa shape index (κ1) is 14.5. The number of aryl methyl sites for hydroxylation is 1. The maximum atomic E-state index is 12.4. The van der Waals surface area contributed by atoms with Gasteiger partial charge >= 0.3 is 0 Å². The summed E-state index contributed by atoms with van der Waals surface area (Å²) in [6.45, 7) is 0. The van der Waals surface area contributed by atoms with E-state index in [-0.39, 0.29) is 16.9 Å². The summed E-state index contributed by atoms with van der Waals surface area (Å²) in [5.74, 6) is -0.609. The van der Waals surface area contributed by atoms with E-state index < -0.39 is 21.8 Å². The predicted molar refractivity (Wildman–Crippen MR) is 83.4 cm³/mol. The van der Waals surface area contributed by atoms with Gasteiger partial charge in [-0.3, -0.25) is 9.59 Å². The molecule has 1 amide bonds. The van der Waals surface area contributed by atoms with Crippen LogP contribution in [-0.2, 0) is 16.9 Å². The lowest BCUT2D eigenvalue weighted by atomic mass is 10.1. The molecule has 7 heteroatoms. The molecule has 1 aromatic carbocycles. The van der Waals surface area contributed by atoms with Gasteiger partial charge in [-0.05, 0) is 12.1 Å². The van der Waals surface area contributed by atoms with Gasteiger partial charge in [0, 0.05) is 23.9 Å². The number of para-hydroxylation sites is 1. The fraction of sp³-hybridized carbons (Fsp3) is 0.200. The number of hydrogen-bond acceptors (Lipinski definition) is 4. The van der Waals surface area contributed by atoms with Crippen molar-refractivity contribution in [2.75, 3.05) is 5.75 Å². The zero-order chi connectivity index (χ0) is 15.9. The van der Waals surface area contributed by atoms with Crippen molar-refractivity contribution < 1.29 is 13.2 Å². The van der Waals surface area contributed by atoms with E-state index in [1.807, 2.05) is 0 Å². The third-order valence-corrected chi connectivity index (χ3v) is 5.04. The second kappa shape index (κ2) is 5.10. The third-order valence-electron chi connectivity index (χ3n) is 3.65. The topological polar surface area (TPSA) is 85.2 Å². The largest absolute Gasteiger partial charge is 0.345 e. The van der Waals surface area contributed by atoms with Gasteiger partial charge in [-0.25, -0.2) is 8.42 Å². The van der Waals surface area contributed by atoms with E-state index in [1.165, 1.54) is 16.7 Å². The molecule has 114 valence electrons. The van der Waals surface area contributed by atoms with Crippen LogP contribution in [0.5, 0.6) is 0 Å². The standard InChI is InChI=1S/C15H14N2O4S/c1-17-13-5-3-2-4-11(13)12(8-14(17)18)15(19)16-10-6-7-22(20,21)9-10/h2-8,10H,9H2,1H3,(H,16,19)/t10-/m1/s1. The second-order valence-corrected chi connectivity index (χ2v) is 7.14. The number of sulfone groups is 1. The Hall–Kier alpha value is -2.41. The Morgan fingerprint density at radius 2 is 2.05 bits per heavy atom. The Kier molecular flexibility index (Phi) is 3.37. The monoisotopic (exact) mass is 318 g/mol. The van der Waals surface area contributed by atoms with E-state index in [0.717, 1.165) is 5.41 Å². The van der Waals surface area contributed by atoms with Crippen LogP contribution in [0.3, 0.4) is 0 Å². The molecular formula is C15H14N2O4S. The minimum absolute atomic E-state index is 0.151. The van der Waals surface area contributed by atoms with E-state index >= 15 is 0 Å². The molecular weight excluding hydrogens is 304 g/mol. The number of nitrogens with one attached hydrogen (secondary N) is 1. The maximum Gasteiger partial charge on any atom is 0.252 e. The molecule has 2 heterocycles. The Balaban J connectivity index is 2.00. The summed E-state index contributed by atoms with van der Waals surface area (Å²) in [7, 11) is -1.60. The molecule has 0 radical (unpaired) electrons. The highest BCUT2D eigenvalue weighted by molar-refractivity contribution is 7.94. The zero-order valence-corrected chi connectivity index (χ0v) is 12.6. The first-order valence-electron chi connectivity index (χ1n) is 6.68. The highest BCUT2D eigenvalue weighted by atomic mass is 32.2. The third kappa shape index (κ3) is 2.55. The summed E-state index contributed by atoms with van der Waals surface area (Å²) in [4.78, 5) is 24.4. The summed E-state index contributed by atoms with van der Waals surface area (Å²) in [5.41, 5.74) is 0.601. The first-order chi connectivity index (χ1) is 10.4. The van der Waals surface area contributed by atoms with Crippen molar-refractivity contribution in [3.05, 3.63) is 57.7 Å². The van der Waals surface area contributed by atoms with Crippen molar-refractivity contribution in [3.8, 4) is 0 Å². The van der Waals surface area contributed by atoms with Crippen molar-refractivity contribution in [2.45, 2.75) is 6.04 Å². The van der Waals surface area contributed by atoms with E-state index in [2.05, 4.69) is 5.32 Å². The van der Waals surface area contributed by atoms with Crippen LogP contribution in [0, 0.1) is 0 Å². The van der Waals surface area contributed by atoms with Crippen LogP contribution in [0.4, 0.5) is 0 Å². The number of carbonyl (C=O) groups is 1. The van der Waals surface area contributed by atoms with Crippen LogP contribution >= 0.6 is 0 Å². The van der Waals surface area contributed by atoms with Gasteiger partial charge in [-0.2, -0.15) is 0 Å². The van der Waals surface area contributed by atoms with Crippen LogP contribution in [-0.4, -0.2) is 30.7 Å². The number of carbonyl (C=O) groups excluding carboxylic acids is 1. The van der Waals surface area contributed by atoms with Crippen molar-refractivity contribution >= 4 is 26.6 Å². The quantitative estimate of drug-likeness (QED) is 0.877. The molecule has 0 fully saturated rings. The van der Waals surface area contributed by atoms with Crippen molar-refractivity contribution in [1.29, 1.82) is 0 Å². The molecule has 1 atom stereocenters. The van der Waals surface area contributed by atoms with E-state index in [1.54, 1.807) is 31.3 Å². The molecule has 1 aromatic heterocycles. The number of fused-ring (bicyclic) bond motifs is 1. The predicted octanol–water partition coefficient (Wildman–Crippen LogP) is 0.579. The van der Waals surface area contributed by atoms with Gasteiger partial charge in [0.2, 0.25) is 0 Å². The SMILES string of the molecule is Cn1c(=O)cc(C(=O)N[C@@H]2C=CS(=O)(=O)C2)c2ccccc21. The van der Waals surface area contributed by atoms with E-state index in [9.17, 15) is 18.0 Å². The molecule has 0 aliphatic carbocycles. The first-order valence-corrected chi connectivity index (χ1v) is 8.39. The molecule has 1 aliphatic rings. The number of pyridine rings is 1. The van der Waals surface area contributed by atoms with Gasteiger partial charge in [0.15, 0.2) is 9.84 Å². The van der Waals surface area contributed by atoms with Crippen LogP contribution in [0.15, 0.2) is 46.6 Å². The normalized spacial score (nSPS) is 19.4. The number of nitrogens with zero attached hydrogens (tertiary/aromatic N) is 1. The summed E-state index contributed by atoms with van der Waals surface area (Å²) in [6, 6.07) is 7.78. The van der Waals surface area contributed by atoms with Gasteiger partial charge < -0.3 is 9.88 Å². The molecule has 3 rings (SSSR count). The van der Waals surface area contributed by atoms with E-state index in [4.69, 9.17) is 0 Å². The van der Waals surface area contributed by atoms with E-state index in [0.29, 0.717) is 10.9 Å². The Morgan fingerprint density at radius 3 is 2.73 bits per heavy atom. The molecule has 6 nitrogen and oxygen atoms in total. The van der Waals surface area contributed by atoms with Crippen LogP contribution < -0.4 is 10.9 Å². The number of aromatic nitrogens is 1. The molecule has 1 aliphatic heterocycles. The van der Waals surface area contributed by atoms with Gasteiger partial charge in [-0.1, -0.05) is 18.2 Å². The maximum absolute atomic E-state index is 12.4. The summed E-state index contributed by atoms with van der Waals surface area (Å²) < 4.78 is 24.2. The molecule has 2 aromatic rings. The fourth-order valence-corrected chi connectivity index (χ4v) is 3.75. The molecule has 22 heavy (non-hydrogen) atoms. The number of hydrogen-bond donors (Lipinski definition) is 1. The van der Waals surface area contributed by atoms with Crippen molar-refractivity contribution in [2.24, 2.45) is 7.05 Å². The summed E-state index contributed by atoms with van der Waals surface area (Å²) in [6.07, 6.45) is 1.44. The Morgan fingerprint density at radius 1 is 1.32 bits per heavy atom. The van der Waals surface area contributed by atoms with Crippen molar-refractivity contribution in [3.63, 3.8) is 0 Å². The molecule has 0 saturated heterocycles.